The fourth-order valence-corrected chi connectivity index (χ4v) is 2.49. The molecular formula is C12H21NO. The van der Waals surface area contributed by atoms with E-state index in [4.69, 9.17) is 4.74 Å². The summed E-state index contributed by atoms with van der Waals surface area (Å²) in [7, 11) is 0. The summed E-state index contributed by atoms with van der Waals surface area (Å²) in [4.78, 5) is 0. The smallest absolute Gasteiger partial charge is 0.0594 e. The van der Waals surface area contributed by atoms with Crippen LogP contribution in [0.3, 0.4) is 0 Å². The summed E-state index contributed by atoms with van der Waals surface area (Å²) < 4.78 is 5.49. The Balaban J connectivity index is 1.56. The van der Waals surface area contributed by atoms with Crippen LogP contribution in [0.4, 0.5) is 0 Å². The van der Waals surface area contributed by atoms with Crippen molar-refractivity contribution in [2.45, 2.75) is 38.8 Å². The van der Waals surface area contributed by atoms with Crippen LogP contribution in [0.1, 0.15) is 26.7 Å². The minimum Gasteiger partial charge on any atom is -0.377 e. The molecular weight excluding hydrogens is 174 g/mol. The molecule has 0 aromatic heterocycles. The van der Waals surface area contributed by atoms with Crippen LogP contribution in [0.15, 0.2) is 12.2 Å². The number of ether oxygens (including phenoxy) is 1. The molecule has 1 N–H and O–H groups in total. The van der Waals surface area contributed by atoms with Crippen LogP contribution in [0.5, 0.6) is 0 Å². The van der Waals surface area contributed by atoms with Crippen LogP contribution in [0.25, 0.3) is 0 Å². The first kappa shape index (κ1) is 10.2. The number of rotatable bonds is 5. The third-order valence-electron chi connectivity index (χ3n) is 3.32. The maximum atomic E-state index is 5.49. The van der Waals surface area contributed by atoms with E-state index in [1.165, 1.54) is 12.8 Å². The molecule has 2 rings (SSSR count). The zero-order valence-corrected chi connectivity index (χ0v) is 9.20. The number of fused-ring (bicyclic) bond motifs is 1. The van der Waals surface area contributed by atoms with Crippen LogP contribution in [0.2, 0.25) is 0 Å². The van der Waals surface area contributed by atoms with Crippen LogP contribution in [0, 0.1) is 11.8 Å². The molecule has 0 aliphatic heterocycles. The molecule has 0 bridgehead atoms. The molecule has 0 heterocycles. The van der Waals surface area contributed by atoms with Gasteiger partial charge in [-0.25, -0.2) is 0 Å². The van der Waals surface area contributed by atoms with Gasteiger partial charge < -0.3 is 10.1 Å². The van der Waals surface area contributed by atoms with Crippen LogP contribution in [-0.2, 0) is 4.74 Å². The van der Waals surface area contributed by atoms with Gasteiger partial charge in [0, 0.05) is 12.6 Å². The van der Waals surface area contributed by atoms with Crippen molar-refractivity contribution in [1.82, 2.24) is 5.32 Å². The van der Waals surface area contributed by atoms with Crippen LogP contribution < -0.4 is 5.32 Å². The fraction of sp³-hybridized carbons (Fsp3) is 0.833. The normalized spacial score (nSPS) is 34.6. The average Bonchev–Trinajstić information content (AvgIpc) is 2.46. The molecule has 14 heavy (non-hydrogen) atoms. The van der Waals surface area contributed by atoms with E-state index in [9.17, 15) is 0 Å². The maximum absolute atomic E-state index is 5.49. The summed E-state index contributed by atoms with van der Waals surface area (Å²) in [5, 5.41) is 3.57. The Labute approximate surface area is 86.7 Å². The van der Waals surface area contributed by atoms with Crippen molar-refractivity contribution in [2.75, 3.05) is 13.2 Å². The highest BCUT2D eigenvalue weighted by Crippen LogP contribution is 2.42. The Kier molecular flexibility index (Phi) is 3.24. The molecule has 1 saturated carbocycles. The SMILES string of the molecule is CC(C)OCCNC1CC2CC=CC21. The Morgan fingerprint density at radius 1 is 1.50 bits per heavy atom. The zero-order chi connectivity index (χ0) is 9.97. The number of hydrogen-bond acceptors (Lipinski definition) is 2. The lowest BCUT2D eigenvalue weighted by atomic mass is 9.71. The quantitative estimate of drug-likeness (QED) is 0.535. The van der Waals surface area contributed by atoms with Gasteiger partial charge in [-0.1, -0.05) is 12.2 Å². The van der Waals surface area contributed by atoms with Crippen molar-refractivity contribution in [3.8, 4) is 0 Å². The molecule has 2 heteroatoms. The van der Waals surface area contributed by atoms with Crippen molar-refractivity contribution in [3.63, 3.8) is 0 Å². The highest BCUT2D eigenvalue weighted by Gasteiger charge is 2.40. The van der Waals surface area contributed by atoms with E-state index in [0.717, 1.165) is 31.0 Å². The summed E-state index contributed by atoms with van der Waals surface area (Å²) >= 11 is 0. The predicted octanol–water partition coefficient (Wildman–Crippen LogP) is 1.97. The molecule has 0 saturated heterocycles. The molecule has 3 atom stereocenters. The zero-order valence-electron chi connectivity index (χ0n) is 9.20. The molecule has 2 aliphatic carbocycles. The first-order valence-corrected chi connectivity index (χ1v) is 5.79. The predicted molar refractivity (Wildman–Crippen MR) is 58.2 cm³/mol. The van der Waals surface area contributed by atoms with Gasteiger partial charge in [-0.15, -0.1) is 0 Å². The number of nitrogens with one attached hydrogen (secondary N) is 1. The minimum atomic E-state index is 0.359. The summed E-state index contributed by atoms with van der Waals surface area (Å²) in [5.41, 5.74) is 0. The lowest BCUT2D eigenvalue weighted by molar-refractivity contribution is 0.0708. The molecule has 80 valence electrons. The Hall–Kier alpha value is -0.340. The lowest BCUT2D eigenvalue weighted by Crippen LogP contribution is -2.48. The fourth-order valence-electron chi connectivity index (χ4n) is 2.49. The summed E-state index contributed by atoms with van der Waals surface area (Å²) in [5.74, 6) is 1.78. The number of allylic oxidation sites excluding steroid dienone is 1. The van der Waals surface area contributed by atoms with Crippen molar-refractivity contribution in [3.05, 3.63) is 12.2 Å². The van der Waals surface area contributed by atoms with Crippen molar-refractivity contribution in [2.24, 2.45) is 11.8 Å². The Bertz CT molecular complexity index is 212. The van der Waals surface area contributed by atoms with E-state index in [1.54, 1.807) is 0 Å². The summed E-state index contributed by atoms with van der Waals surface area (Å²) in [6.45, 7) is 6.01. The van der Waals surface area contributed by atoms with Gasteiger partial charge in [0.25, 0.3) is 0 Å². The van der Waals surface area contributed by atoms with E-state index in [2.05, 4.69) is 31.3 Å². The Morgan fingerprint density at radius 3 is 3.07 bits per heavy atom. The van der Waals surface area contributed by atoms with Crippen LogP contribution in [-0.4, -0.2) is 25.3 Å². The van der Waals surface area contributed by atoms with Crippen molar-refractivity contribution in [1.29, 1.82) is 0 Å². The van der Waals surface area contributed by atoms with Crippen molar-refractivity contribution < 1.29 is 4.74 Å². The van der Waals surface area contributed by atoms with Gasteiger partial charge in [-0.3, -0.25) is 0 Å². The highest BCUT2D eigenvalue weighted by atomic mass is 16.5. The third kappa shape index (κ3) is 2.18. The van der Waals surface area contributed by atoms with Gasteiger partial charge in [-0.2, -0.15) is 0 Å². The second kappa shape index (κ2) is 4.45. The van der Waals surface area contributed by atoms with Gasteiger partial charge in [0.1, 0.15) is 0 Å². The van der Waals surface area contributed by atoms with Gasteiger partial charge >= 0.3 is 0 Å². The van der Waals surface area contributed by atoms with Gasteiger partial charge in [0.2, 0.25) is 0 Å². The molecule has 3 unspecified atom stereocenters. The Morgan fingerprint density at radius 2 is 2.36 bits per heavy atom. The molecule has 2 nitrogen and oxygen atoms in total. The van der Waals surface area contributed by atoms with Crippen molar-refractivity contribution >= 4 is 0 Å². The molecule has 1 fully saturated rings. The first-order valence-electron chi connectivity index (χ1n) is 5.79. The number of hydrogen-bond donors (Lipinski definition) is 1. The summed E-state index contributed by atoms with van der Waals surface area (Å²) in [6, 6.07) is 0.731. The maximum Gasteiger partial charge on any atom is 0.0594 e. The molecule has 0 spiro atoms. The van der Waals surface area contributed by atoms with E-state index in [0.29, 0.717) is 6.10 Å². The van der Waals surface area contributed by atoms with E-state index in [1.807, 2.05) is 0 Å². The van der Waals surface area contributed by atoms with E-state index in [-0.39, 0.29) is 0 Å². The molecule has 0 radical (unpaired) electrons. The van der Waals surface area contributed by atoms with E-state index >= 15 is 0 Å². The first-order chi connectivity index (χ1) is 6.77. The third-order valence-corrected chi connectivity index (χ3v) is 3.32. The molecule has 0 aromatic rings. The van der Waals surface area contributed by atoms with E-state index < -0.39 is 0 Å². The molecule has 2 aliphatic rings. The minimum absolute atomic E-state index is 0.359. The summed E-state index contributed by atoms with van der Waals surface area (Å²) in [6.07, 6.45) is 7.75. The van der Waals surface area contributed by atoms with Gasteiger partial charge in [0.15, 0.2) is 0 Å². The van der Waals surface area contributed by atoms with Crippen LogP contribution >= 0.6 is 0 Å². The van der Waals surface area contributed by atoms with Gasteiger partial charge in [-0.05, 0) is 38.5 Å². The second-order valence-corrected chi connectivity index (χ2v) is 4.72. The largest absolute Gasteiger partial charge is 0.377 e. The highest BCUT2D eigenvalue weighted by molar-refractivity contribution is 5.12. The second-order valence-electron chi connectivity index (χ2n) is 4.72. The van der Waals surface area contributed by atoms with Gasteiger partial charge in [0.05, 0.1) is 12.7 Å². The standard InChI is InChI=1S/C12H21NO/c1-9(2)14-7-6-13-12-8-10-4-3-5-11(10)12/h3,5,9-13H,4,6-8H2,1-2H3. The molecule has 0 aromatic carbocycles. The average molecular weight is 195 g/mol. The monoisotopic (exact) mass is 195 g/mol. The molecule has 0 amide bonds. The lowest BCUT2D eigenvalue weighted by Gasteiger charge is -2.40. The topological polar surface area (TPSA) is 21.3 Å².